The van der Waals surface area contributed by atoms with Gasteiger partial charge in [0.05, 0.1) is 11.5 Å². The van der Waals surface area contributed by atoms with Gasteiger partial charge in [-0.3, -0.25) is 0 Å². The van der Waals surface area contributed by atoms with E-state index in [1.54, 1.807) is 19.1 Å². The lowest BCUT2D eigenvalue weighted by Crippen LogP contribution is -2.38. The van der Waals surface area contributed by atoms with Gasteiger partial charge in [0, 0.05) is 11.7 Å². The van der Waals surface area contributed by atoms with Crippen molar-refractivity contribution in [3.05, 3.63) is 23.8 Å². The molecule has 1 unspecified atom stereocenters. The summed E-state index contributed by atoms with van der Waals surface area (Å²) in [7, 11) is -3.66. The van der Waals surface area contributed by atoms with Crippen molar-refractivity contribution in [2.75, 3.05) is 12.3 Å². The van der Waals surface area contributed by atoms with Crippen molar-refractivity contribution in [2.24, 2.45) is 5.92 Å². The molecule has 0 bridgehead atoms. The largest absolute Gasteiger partial charge is 0.398 e. The normalized spacial score (nSPS) is 13.7. The number of aliphatic hydroxyl groups excluding tert-OH is 1. The molecule has 0 saturated carbocycles. The molecule has 0 aliphatic carbocycles. The standard InChI is InChI=1S/C13H22N2O3S/c1-9(2)7-11(8-16)15-19(17,18)13-6-4-5-12(14)10(13)3/h4-6,9,11,15-16H,7-8,14H2,1-3H3. The van der Waals surface area contributed by atoms with Crippen LogP contribution in [0.2, 0.25) is 0 Å². The van der Waals surface area contributed by atoms with E-state index in [9.17, 15) is 13.5 Å². The topological polar surface area (TPSA) is 92.4 Å². The zero-order valence-electron chi connectivity index (χ0n) is 11.6. The Morgan fingerprint density at radius 3 is 2.53 bits per heavy atom. The third kappa shape index (κ3) is 4.19. The minimum atomic E-state index is -3.66. The second kappa shape index (κ2) is 6.36. The predicted octanol–water partition coefficient (Wildman–Crippen LogP) is 1.26. The Morgan fingerprint density at radius 2 is 2.00 bits per heavy atom. The van der Waals surface area contributed by atoms with Crippen molar-refractivity contribution in [3.63, 3.8) is 0 Å². The van der Waals surface area contributed by atoms with Crippen molar-refractivity contribution in [2.45, 2.75) is 38.1 Å². The second-order valence-corrected chi connectivity index (χ2v) is 6.78. The highest BCUT2D eigenvalue weighted by atomic mass is 32.2. The average molecular weight is 286 g/mol. The number of benzene rings is 1. The molecule has 0 radical (unpaired) electrons. The fourth-order valence-electron chi connectivity index (χ4n) is 1.93. The first kappa shape index (κ1) is 15.9. The van der Waals surface area contributed by atoms with E-state index in [0.29, 0.717) is 23.6 Å². The zero-order chi connectivity index (χ0) is 14.6. The molecule has 1 aromatic rings. The quantitative estimate of drug-likeness (QED) is 0.686. The Hall–Kier alpha value is -1.11. The van der Waals surface area contributed by atoms with Crippen LogP contribution >= 0.6 is 0 Å². The summed E-state index contributed by atoms with van der Waals surface area (Å²) in [5.74, 6) is 0.293. The molecule has 19 heavy (non-hydrogen) atoms. The summed E-state index contributed by atoms with van der Waals surface area (Å²) in [6.45, 7) is 5.39. The molecule has 0 amide bonds. The van der Waals surface area contributed by atoms with Gasteiger partial charge in [0.1, 0.15) is 0 Å². The molecule has 5 nitrogen and oxygen atoms in total. The van der Waals surface area contributed by atoms with Crippen LogP contribution in [0, 0.1) is 12.8 Å². The van der Waals surface area contributed by atoms with Gasteiger partial charge in [0.15, 0.2) is 0 Å². The van der Waals surface area contributed by atoms with Crippen molar-refractivity contribution in [3.8, 4) is 0 Å². The summed E-state index contributed by atoms with van der Waals surface area (Å²) in [5, 5.41) is 9.26. The molecule has 0 aliphatic rings. The summed E-state index contributed by atoms with van der Waals surface area (Å²) in [6, 6.07) is 4.29. The van der Waals surface area contributed by atoms with Gasteiger partial charge in [0.25, 0.3) is 0 Å². The van der Waals surface area contributed by atoms with Gasteiger partial charge in [0.2, 0.25) is 10.0 Å². The zero-order valence-corrected chi connectivity index (χ0v) is 12.4. The van der Waals surface area contributed by atoms with Crippen LogP contribution in [0.25, 0.3) is 0 Å². The van der Waals surface area contributed by atoms with Gasteiger partial charge in [-0.25, -0.2) is 13.1 Å². The molecule has 0 saturated heterocycles. The summed E-state index contributed by atoms with van der Waals surface area (Å²) in [4.78, 5) is 0.162. The molecule has 4 N–H and O–H groups in total. The van der Waals surface area contributed by atoms with E-state index in [1.165, 1.54) is 6.07 Å². The Balaban J connectivity index is 3.01. The Kier molecular flexibility index (Phi) is 5.34. The van der Waals surface area contributed by atoms with Gasteiger partial charge in [-0.1, -0.05) is 19.9 Å². The van der Waals surface area contributed by atoms with E-state index in [4.69, 9.17) is 5.73 Å². The highest BCUT2D eigenvalue weighted by molar-refractivity contribution is 7.89. The maximum Gasteiger partial charge on any atom is 0.241 e. The molecule has 0 fully saturated rings. The first-order valence-electron chi connectivity index (χ1n) is 6.26. The van der Waals surface area contributed by atoms with E-state index in [2.05, 4.69) is 4.72 Å². The van der Waals surface area contributed by atoms with Crippen LogP contribution in [-0.4, -0.2) is 26.2 Å². The predicted molar refractivity (Wildman–Crippen MR) is 76.2 cm³/mol. The average Bonchev–Trinajstić information content (AvgIpc) is 2.30. The van der Waals surface area contributed by atoms with Crippen LogP contribution in [0.15, 0.2) is 23.1 Å². The van der Waals surface area contributed by atoms with Crippen LogP contribution in [0.1, 0.15) is 25.8 Å². The van der Waals surface area contributed by atoms with Gasteiger partial charge < -0.3 is 10.8 Å². The third-order valence-corrected chi connectivity index (χ3v) is 4.58. The minimum absolute atomic E-state index is 0.162. The van der Waals surface area contributed by atoms with E-state index < -0.39 is 16.1 Å². The lowest BCUT2D eigenvalue weighted by molar-refractivity contribution is 0.240. The lowest BCUT2D eigenvalue weighted by atomic mass is 10.1. The smallest absolute Gasteiger partial charge is 0.241 e. The van der Waals surface area contributed by atoms with E-state index in [-0.39, 0.29) is 11.5 Å². The first-order chi connectivity index (χ1) is 8.77. The van der Waals surface area contributed by atoms with Crippen molar-refractivity contribution < 1.29 is 13.5 Å². The fourth-order valence-corrected chi connectivity index (χ4v) is 3.45. The van der Waals surface area contributed by atoms with E-state index in [0.717, 1.165) is 0 Å². The molecular weight excluding hydrogens is 264 g/mol. The van der Waals surface area contributed by atoms with E-state index >= 15 is 0 Å². The molecule has 0 spiro atoms. The second-order valence-electron chi connectivity index (χ2n) is 5.10. The van der Waals surface area contributed by atoms with Gasteiger partial charge in [-0.2, -0.15) is 0 Å². The van der Waals surface area contributed by atoms with Crippen LogP contribution in [0.3, 0.4) is 0 Å². The third-order valence-electron chi connectivity index (χ3n) is 2.91. The van der Waals surface area contributed by atoms with Crippen molar-refractivity contribution >= 4 is 15.7 Å². The van der Waals surface area contributed by atoms with Gasteiger partial charge in [-0.15, -0.1) is 0 Å². The molecule has 1 rings (SSSR count). The first-order valence-corrected chi connectivity index (χ1v) is 7.74. The number of aliphatic hydroxyl groups is 1. The van der Waals surface area contributed by atoms with Gasteiger partial charge in [-0.05, 0) is 37.0 Å². The number of rotatable bonds is 6. The van der Waals surface area contributed by atoms with Crippen molar-refractivity contribution in [1.82, 2.24) is 4.72 Å². The number of hydrogen-bond donors (Lipinski definition) is 3. The van der Waals surface area contributed by atoms with Crippen LogP contribution in [0.5, 0.6) is 0 Å². The molecule has 6 heteroatoms. The minimum Gasteiger partial charge on any atom is -0.398 e. The summed E-state index contributed by atoms with van der Waals surface area (Å²) < 4.78 is 27.1. The number of anilines is 1. The number of nitrogen functional groups attached to an aromatic ring is 1. The highest BCUT2D eigenvalue weighted by Crippen LogP contribution is 2.21. The Labute approximate surface area is 114 Å². The molecule has 1 atom stereocenters. The molecule has 0 heterocycles. The van der Waals surface area contributed by atoms with Gasteiger partial charge >= 0.3 is 0 Å². The lowest BCUT2D eigenvalue weighted by Gasteiger charge is -2.19. The molecule has 108 valence electrons. The maximum absolute atomic E-state index is 12.3. The Bertz CT molecular complexity index is 527. The maximum atomic E-state index is 12.3. The fraction of sp³-hybridized carbons (Fsp3) is 0.538. The summed E-state index contributed by atoms with van der Waals surface area (Å²) in [5.41, 5.74) is 6.68. The van der Waals surface area contributed by atoms with Crippen molar-refractivity contribution in [1.29, 1.82) is 0 Å². The monoisotopic (exact) mass is 286 g/mol. The van der Waals surface area contributed by atoms with Crippen LogP contribution < -0.4 is 10.5 Å². The SMILES string of the molecule is Cc1c(N)cccc1S(=O)(=O)NC(CO)CC(C)C. The summed E-state index contributed by atoms with van der Waals surface area (Å²) >= 11 is 0. The number of hydrogen-bond acceptors (Lipinski definition) is 4. The number of nitrogens with two attached hydrogens (primary N) is 1. The van der Waals surface area contributed by atoms with E-state index in [1.807, 2.05) is 13.8 Å². The Morgan fingerprint density at radius 1 is 1.37 bits per heavy atom. The number of sulfonamides is 1. The molecule has 0 aliphatic heterocycles. The molecule has 0 aromatic heterocycles. The summed E-state index contributed by atoms with van der Waals surface area (Å²) in [6.07, 6.45) is 0.580. The molecular formula is C13H22N2O3S. The van der Waals surface area contributed by atoms with Crippen LogP contribution in [-0.2, 0) is 10.0 Å². The highest BCUT2D eigenvalue weighted by Gasteiger charge is 2.22. The van der Waals surface area contributed by atoms with Crippen LogP contribution in [0.4, 0.5) is 5.69 Å². The number of nitrogens with one attached hydrogen (secondary N) is 1. The molecule has 1 aromatic carbocycles.